The van der Waals surface area contributed by atoms with Crippen molar-refractivity contribution < 1.29 is 14.3 Å². The molecule has 4 N–H and O–H groups in total. The van der Waals surface area contributed by atoms with Crippen molar-refractivity contribution in [3.05, 3.63) is 24.3 Å². The van der Waals surface area contributed by atoms with Gasteiger partial charge < -0.3 is 15.8 Å². The van der Waals surface area contributed by atoms with Gasteiger partial charge in [-0.05, 0) is 19.1 Å². The fourth-order valence-corrected chi connectivity index (χ4v) is 1.23. The summed E-state index contributed by atoms with van der Waals surface area (Å²) in [6.07, 6.45) is 0. The molecule has 6 heteroatoms. The number of rotatable bonds is 5. The average Bonchev–Trinajstić information content (AvgIpc) is 2.26. The number of benzene rings is 1. The number of nitrogens with two attached hydrogens (primary N) is 1. The monoisotopic (exact) mass is 237 g/mol. The first-order chi connectivity index (χ1) is 8.11. The molecule has 3 amide bonds. The fourth-order valence-electron chi connectivity index (χ4n) is 1.23. The second-order valence-electron chi connectivity index (χ2n) is 3.23. The first-order valence-electron chi connectivity index (χ1n) is 5.18. The molecule has 0 aromatic heterocycles. The first kappa shape index (κ1) is 12.8. The molecule has 92 valence electrons. The molecule has 0 saturated heterocycles. The minimum Gasteiger partial charge on any atom is -0.494 e. The van der Waals surface area contributed by atoms with E-state index in [1.807, 2.05) is 18.3 Å². The maximum Gasteiger partial charge on any atom is 0.318 e. The van der Waals surface area contributed by atoms with Crippen LogP contribution in [0.1, 0.15) is 6.92 Å². The minimum atomic E-state index is -0.861. The van der Waals surface area contributed by atoms with Gasteiger partial charge in [-0.1, -0.05) is 6.07 Å². The summed E-state index contributed by atoms with van der Waals surface area (Å²) in [6, 6.07) is 6.32. The molecule has 1 rings (SSSR count). The van der Waals surface area contributed by atoms with Gasteiger partial charge in [0, 0.05) is 11.8 Å². The number of nitrogens with one attached hydrogen (secondary N) is 2. The van der Waals surface area contributed by atoms with E-state index in [0.717, 1.165) is 5.69 Å². The van der Waals surface area contributed by atoms with Gasteiger partial charge in [-0.15, -0.1) is 0 Å². The smallest absolute Gasteiger partial charge is 0.318 e. The van der Waals surface area contributed by atoms with Gasteiger partial charge in [-0.2, -0.15) is 0 Å². The second kappa shape index (κ2) is 6.37. The summed E-state index contributed by atoms with van der Waals surface area (Å²) in [5, 5.41) is 4.81. The summed E-state index contributed by atoms with van der Waals surface area (Å²) < 4.78 is 5.30. The van der Waals surface area contributed by atoms with E-state index in [2.05, 4.69) is 5.32 Å². The lowest BCUT2D eigenvalue weighted by atomic mass is 10.3. The number of hydrogen-bond acceptors (Lipinski definition) is 4. The third-order valence-corrected chi connectivity index (χ3v) is 1.86. The molecule has 0 unspecified atom stereocenters. The normalized spacial score (nSPS) is 9.47. The molecule has 0 spiro atoms. The SMILES string of the molecule is CCOc1cccc(NCC(=O)NC(N)=O)c1. The van der Waals surface area contributed by atoms with Gasteiger partial charge in [0.15, 0.2) is 0 Å². The number of primary amides is 1. The Kier molecular flexibility index (Phi) is 4.80. The summed E-state index contributed by atoms with van der Waals surface area (Å²) in [5.41, 5.74) is 5.54. The van der Waals surface area contributed by atoms with Gasteiger partial charge in [0.05, 0.1) is 13.2 Å². The highest BCUT2D eigenvalue weighted by atomic mass is 16.5. The van der Waals surface area contributed by atoms with Crippen molar-refractivity contribution in [2.24, 2.45) is 5.73 Å². The van der Waals surface area contributed by atoms with E-state index >= 15 is 0 Å². The highest BCUT2D eigenvalue weighted by Gasteiger charge is 2.03. The number of ether oxygens (including phenoxy) is 1. The largest absolute Gasteiger partial charge is 0.494 e. The van der Waals surface area contributed by atoms with Crippen LogP contribution in [0.4, 0.5) is 10.5 Å². The van der Waals surface area contributed by atoms with Crippen LogP contribution in [-0.4, -0.2) is 25.1 Å². The van der Waals surface area contributed by atoms with Crippen LogP contribution in [0, 0.1) is 0 Å². The number of hydrogen-bond donors (Lipinski definition) is 3. The number of amides is 3. The van der Waals surface area contributed by atoms with E-state index in [0.29, 0.717) is 12.4 Å². The van der Waals surface area contributed by atoms with Gasteiger partial charge in [0.25, 0.3) is 0 Å². The quantitative estimate of drug-likeness (QED) is 0.702. The Morgan fingerprint density at radius 2 is 2.18 bits per heavy atom. The number of anilines is 1. The summed E-state index contributed by atoms with van der Waals surface area (Å²) in [4.78, 5) is 21.5. The van der Waals surface area contributed by atoms with Crippen LogP contribution >= 0.6 is 0 Å². The maximum absolute atomic E-state index is 11.1. The molecule has 0 aliphatic carbocycles. The van der Waals surface area contributed by atoms with E-state index in [4.69, 9.17) is 10.5 Å². The lowest BCUT2D eigenvalue weighted by molar-refractivity contribution is -0.118. The predicted molar refractivity (Wildman–Crippen MR) is 63.8 cm³/mol. The average molecular weight is 237 g/mol. The van der Waals surface area contributed by atoms with Crippen molar-refractivity contribution in [2.75, 3.05) is 18.5 Å². The third-order valence-electron chi connectivity index (χ3n) is 1.86. The van der Waals surface area contributed by atoms with Crippen LogP contribution in [0.15, 0.2) is 24.3 Å². The molecular weight excluding hydrogens is 222 g/mol. The molecule has 1 aromatic carbocycles. The van der Waals surface area contributed by atoms with Crippen LogP contribution in [0.2, 0.25) is 0 Å². The van der Waals surface area contributed by atoms with E-state index in [1.165, 1.54) is 0 Å². The number of imide groups is 1. The lowest BCUT2D eigenvalue weighted by Gasteiger charge is -2.08. The van der Waals surface area contributed by atoms with E-state index < -0.39 is 11.9 Å². The zero-order valence-corrected chi connectivity index (χ0v) is 9.53. The number of urea groups is 1. The molecule has 1 aromatic rings. The molecular formula is C11H15N3O3. The molecule has 0 heterocycles. The van der Waals surface area contributed by atoms with Crippen molar-refractivity contribution in [2.45, 2.75) is 6.92 Å². The molecule has 17 heavy (non-hydrogen) atoms. The Hall–Kier alpha value is -2.24. The maximum atomic E-state index is 11.1. The molecule has 0 aliphatic rings. The van der Waals surface area contributed by atoms with Crippen LogP contribution in [-0.2, 0) is 4.79 Å². The van der Waals surface area contributed by atoms with Crippen molar-refractivity contribution in [3.8, 4) is 5.75 Å². The minimum absolute atomic E-state index is 0.0292. The summed E-state index contributed by atoms with van der Waals surface area (Å²) in [5.74, 6) is 0.229. The van der Waals surface area contributed by atoms with Crippen LogP contribution < -0.4 is 21.1 Å². The molecule has 0 saturated carbocycles. The van der Waals surface area contributed by atoms with E-state index in [1.54, 1.807) is 18.2 Å². The van der Waals surface area contributed by atoms with Crippen LogP contribution in [0.3, 0.4) is 0 Å². The van der Waals surface area contributed by atoms with Gasteiger partial charge in [0.1, 0.15) is 5.75 Å². The number of carbonyl (C=O) groups excluding carboxylic acids is 2. The summed E-state index contributed by atoms with van der Waals surface area (Å²) >= 11 is 0. The molecule has 6 nitrogen and oxygen atoms in total. The zero-order chi connectivity index (χ0) is 12.7. The molecule has 0 bridgehead atoms. The topological polar surface area (TPSA) is 93.4 Å². The molecule has 0 aliphatic heterocycles. The van der Waals surface area contributed by atoms with Gasteiger partial charge in [0.2, 0.25) is 5.91 Å². The summed E-state index contributed by atoms with van der Waals surface area (Å²) in [7, 11) is 0. The standard InChI is InChI=1S/C11H15N3O3/c1-2-17-9-5-3-4-8(6-9)13-7-10(15)14-11(12)16/h3-6,13H,2,7H2,1H3,(H3,12,14,15,16). The van der Waals surface area contributed by atoms with E-state index in [-0.39, 0.29) is 6.54 Å². The second-order valence-corrected chi connectivity index (χ2v) is 3.23. The first-order valence-corrected chi connectivity index (χ1v) is 5.18. The Labute approximate surface area is 99.1 Å². The molecule has 0 atom stereocenters. The van der Waals surface area contributed by atoms with Crippen molar-refractivity contribution in [1.29, 1.82) is 0 Å². The van der Waals surface area contributed by atoms with Crippen LogP contribution in [0.25, 0.3) is 0 Å². The van der Waals surface area contributed by atoms with Crippen molar-refractivity contribution in [1.82, 2.24) is 5.32 Å². The van der Waals surface area contributed by atoms with Gasteiger partial charge >= 0.3 is 6.03 Å². The van der Waals surface area contributed by atoms with E-state index in [9.17, 15) is 9.59 Å². The highest BCUT2D eigenvalue weighted by molar-refractivity contribution is 5.95. The molecule has 0 fully saturated rings. The van der Waals surface area contributed by atoms with Crippen molar-refractivity contribution >= 4 is 17.6 Å². The Morgan fingerprint density at radius 3 is 2.82 bits per heavy atom. The Bertz CT molecular complexity index is 407. The zero-order valence-electron chi connectivity index (χ0n) is 9.53. The van der Waals surface area contributed by atoms with Gasteiger partial charge in [-0.3, -0.25) is 10.1 Å². The lowest BCUT2D eigenvalue weighted by Crippen LogP contribution is -2.38. The van der Waals surface area contributed by atoms with Crippen molar-refractivity contribution in [3.63, 3.8) is 0 Å². The Balaban J connectivity index is 2.48. The molecule has 0 radical (unpaired) electrons. The predicted octanol–water partition coefficient (Wildman–Crippen LogP) is 0.692. The Morgan fingerprint density at radius 1 is 1.41 bits per heavy atom. The third kappa shape index (κ3) is 4.87. The van der Waals surface area contributed by atoms with Crippen LogP contribution in [0.5, 0.6) is 5.75 Å². The fraction of sp³-hybridized carbons (Fsp3) is 0.273. The highest BCUT2D eigenvalue weighted by Crippen LogP contribution is 2.16. The van der Waals surface area contributed by atoms with Gasteiger partial charge in [-0.25, -0.2) is 4.79 Å². The number of carbonyl (C=O) groups is 2. The summed E-state index contributed by atoms with van der Waals surface area (Å²) in [6.45, 7) is 2.44.